The number of halogens is 2. The quantitative estimate of drug-likeness (QED) is 0.519. The summed E-state index contributed by atoms with van der Waals surface area (Å²) in [4.78, 5) is 8.16. The largest absolute Gasteiger partial charge is 0.437 e. The van der Waals surface area contributed by atoms with Crippen LogP contribution in [0.2, 0.25) is 0 Å². The van der Waals surface area contributed by atoms with Gasteiger partial charge in [-0.2, -0.15) is 5.26 Å². The van der Waals surface area contributed by atoms with Gasteiger partial charge in [-0.05, 0) is 35.9 Å². The number of alkyl halides is 2. The lowest BCUT2D eigenvalue weighted by molar-refractivity contribution is 0.101. The monoisotopic (exact) mass is 467 g/mol. The molecule has 0 bridgehead atoms. The van der Waals surface area contributed by atoms with Gasteiger partial charge in [0.05, 0.1) is 59.8 Å². The van der Waals surface area contributed by atoms with Gasteiger partial charge in [-0.25, -0.2) is 13.8 Å². The van der Waals surface area contributed by atoms with Crippen molar-refractivity contribution in [3.05, 3.63) is 60.0 Å². The average Bonchev–Trinajstić information content (AvgIpc) is 3.30. The van der Waals surface area contributed by atoms with Crippen LogP contribution in [0.3, 0.4) is 0 Å². The number of hydrogen-bond acceptors (Lipinski definition) is 8. The lowest BCUT2D eigenvalue weighted by Crippen LogP contribution is -2.18. The highest BCUT2D eigenvalue weighted by atomic mass is 32.2. The number of nitrogens with zero attached hydrogens (tertiary/aromatic N) is 5. The predicted molar refractivity (Wildman–Crippen MR) is 121 cm³/mol. The van der Waals surface area contributed by atoms with Gasteiger partial charge in [-0.15, -0.1) is 0 Å². The van der Waals surface area contributed by atoms with Gasteiger partial charge < -0.3 is 9.84 Å². The Morgan fingerprint density at radius 2 is 2.06 bits per heavy atom. The van der Waals surface area contributed by atoms with Crippen LogP contribution >= 0.6 is 12.1 Å². The van der Waals surface area contributed by atoms with Crippen LogP contribution in [0.15, 0.2) is 48.8 Å². The summed E-state index contributed by atoms with van der Waals surface area (Å²) in [5.74, 6) is -2.48. The molecule has 10 heteroatoms. The van der Waals surface area contributed by atoms with Gasteiger partial charge in [0.25, 0.3) is 5.92 Å². The first-order valence-electron chi connectivity index (χ1n) is 10.2. The fourth-order valence-electron chi connectivity index (χ4n) is 3.75. The Balaban J connectivity index is 1.44. The molecule has 2 heterocycles. The number of aliphatic hydroxyl groups is 1. The Morgan fingerprint density at radius 3 is 2.79 bits per heavy atom. The van der Waals surface area contributed by atoms with Gasteiger partial charge in [0, 0.05) is 31.5 Å². The van der Waals surface area contributed by atoms with Gasteiger partial charge >= 0.3 is 0 Å². The molecular weight excluding hydrogens is 448 g/mol. The Bertz CT molecular complexity index is 1270. The zero-order valence-corrected chi connectivity index (χ0v) is 18.4. The maximum absolute atomic E-state index is 13.4. The van der Waals surface area contributed by atoms with E-state index in [1.807, 2.05) is 33.9 Å². The van der Waals surface area contributed by atoms with Gasteiger partial charge in [0.1, 0.15) is 5.75 Å². The molecule has 1 unspecified atom stereocenters. The van der Waals surface area contributed by atoms with Crippen LogP contribution in [0.1, 0.15) is 17.7 Å². The first-order chi connectivity index (χ1) is 15.9. The minimum atomic E-state index is -2.56. The number of nitriles is 1. The number of aliphatic hydroxyl groups excluding tert-OH is 1. The van der Waals surface area contributed by atoms with E-state index in [-0.39, 0.29) is 25.5 Å². The highest BCUT2D eigenvalue weighted by molar-refractivity contribution is 8.02. The number of fused-ring (bicyclic) bond motifs is 1. The molecule has 2 aliphatic rings. The maximum atomic E-state index is 13.4. The molecule has 1 aliphatic carbocycles. The smallest absolute Gasteiger partial charge is 0.253 e. The lowest BCUT2D eigenvalue weighted by Gasteiger charge is -2.16. The van der Waals surface area contributed by atoms with E-state index >= 15 is 0 Å². The molecule has 168 valence electrons. The van der Waals surface area contributed by atoms with Crippen LogP contribution in [0.4, 0.5) is 20.2 Å². The summed E-state index contributed by atoms with van der Waals surface area (Å²) in [7, 11) is 1.88. The summed E-state index contributed by atoms with van der Waals surface area (Å²) in [6, 6.07) is 13.0. The second kappa shape index (κ2) is 8.17. The van der Waals surface area contributed by atoms with E-state index < -0.39 is 11.8 Å². The molecule has 0 spiro atoms. The zero-order valence-electron chi connectivity index (χ0n) is 17.6. The normalized spacial score (nSPS) is 18.1. The lowest BCUT2D eigenvalue weighted by atomic mass is 9.99. The van der Waals surface area contributed by atoms with E-state index in [0.29, 0.717) is 22.6 Å². The van der Waals surface area contributed by atoms with Crippen molar-refractivity contribution in [1.29, 1.82) is 5.26 Å². The van der Waals surface area contributed by atoms with Crippen LogP contribution in [-0.4, -0.2) is 34.6 Å². The third kappa shape index (κ3) is 4.17. The fraction of sp³-hybridized carbons (Fsp3) is 0.261. The Hall–Kier alpha value is -3.42. The fourth-order valence-corrected chi connectivity index (χ4v) is 4.76. The SMILES string of the molecule is CN1SN(CC2CC2(F)F)c2ccc(-c3cc(Oc4cncc(CO)n4)ccc3C#N)cc21. The molecule has 0 saturated heterocycles. The van der Waals surface area contributed by atoms with E-state index in [0.717, 1.165) is 16.9 Å². The molecular formula is C23H19F2N5O2S. The molecule has 1 fully saturated rings. The topological polar surface area (TPSA) is 85.5 Å². The number of aromatic nitrogens is 2. The molecule has 5 rings (SSSR count). The van der Waals surface area contributed by atoms with Crippen molar-refractivity contribution in [2.24, 2.45) is 5.92 Å². The van der Waals surface area contributed by atoms with E-state index in [1.54, 1.807) is 18.2 Å². The minimum Gasteiger partial charge on any atom is -0.437 e. The molecule has 2 aromatic carbocycles. The van der Waals surface area contributed by atoms with Crippen molar-refractivity contribution in [2.45, 2.75) is 19.0 Å². The van der Waals surface area contributed by atoms with Gasteiger partial charge in [0.15, 0.2) is 0 Å². The summed E-state index contributed by atoms with van der Waals surface area (Å²) in [6.07, 6.45) is 2.82. The first-order valence-corrected chi connectivity index (χ1v) is 11.0. The predicted octanol–water partition coefficient (Wildman–Crippen LogP) is 4.77. The first kappa shape index (κ1) is 21.4. The average molecular weight is 468 g/mol. The van der Waals surface area contributed by atoms with Gasteiger partial charge in [0.2, 0.25) is 5.88 Å². The van der Waals surface area contributed by atoms with Crippen molar-refractivity contribution in [3.63, 3.8) is 0 Å². The number of benzene rings is 2. The van der Waals surface area contributed by atoms with E-state index in [4.69, 9.17) is 4.74 Å². The summed E-state index contributed by atoms with van der Waals surface area (Å²) in [5, 5.41) is 18.9. The summed E-state index contributed by atoms with van der Waals surface area (Å²) >= 11 is 1.39. The molecule has 0 amide bonds. The molecule has 1 aliphatic heterocycles. The molecule has 1 aromatic heterocycles. The third-order valence-corrected chi connectivity index (χ3v) is 6.60. The number of ether oxygens (including phenoxy) is 1. The molecule has 7 nitrogen and oxygen atoms in total. The van der Waals surface area contributed by atoms with Crippen molar-refractivity contribution in [3.8, 4) is 28.8 Å². The molecule has 0 radical (unpaired) electrons. The van der Waals surface area contributed by atoms with Crippen LogP contribution in [0, 0.1) is 17.2 Å². The standard InChI is InChI=1S/C23H19F2N5O2S/c1-29-21-6-14(3-5-20(21)30(33-29)12-16-8-23(16,24)25)19-7-18(4-2-15(19)9-26)32-22-11-27-10-17(13-31)28-22/h2-7,10-11,16,31H,8,12-13H2,1H3. The molecule has 33 heavy (non-hydrogen) atoms. The molecule has 3 aromatic rings. The second-order valence-electron chi connectivity index (χ2n) is 7.93. The Labute approximate surface area is 193 Å². The molecule has 1 N–H and O–H groups in total. The molecule has 1 atom stereocenters. The molecule has 1 saturated carbocycles. The highest BCUT2D eigenvalue weighted by Gasteiger charge is 2.57. The van der Waals surface area contributed by atoms with E-state index in [9.17, 15) is 19.1 Å². The van der Waals surface area contributed by atoms with Gasteiger partial charge in [-0.1, -0.05) is 6.07 Å². The minimum absolute atomic E-state index is 0.0644. The Morgan fingerprint density at radius 1 is 1.24 bits per heavy atom. The van der Waals surface area contributed by atoms with Crippen LogP contribution in [0.25, 0.3) is 11.1 Å². The Kier molecular flexibility index (Phi) is 5.31. The summed E-state index contributed by atoms with van der Waals surface area (Å²) in [5.41, 5.74) is 4.09. The number of hydrogen-bond donors (Lipinski definition) is 1. The number of anilines is 2. The van der Waals surface area contributed by atoms with E-state index in [2.05, 4.69) is 16.0 Å². The van der Waals surface area contributed by atoms with Crippen LogP contribution in [0.5, 0.6) is 11.6 Å². The van der Waals surface area contributed by atoms with Gasteiger partial charge in [-0.3, -0.25) is 13.6 Å². The zero-order chi connectivity index (χ0) is 23.2. The maximum Gasteiger partial charge on any atom is 0.253 e. The van der Waals surface area contributed by atoms with Crippen molar-refractivity contribution < 1.29 is 18.6 Å². The van der Waals surface area contributed by atoms with Crippen molar-refractivity contribution in [2.75, 3.05) is 22.2 Å². The van der Waals surface area contributed by atoms with Crippen LogP contribution in [-0.2, 0) is 6.61 Å². The summed E-state index contributed by atoms with van der Waals surface area (Å²) in [6.45, 7) is 0.0357. The third-order valence-electron chi connectivity index (χ3n) is 5.62. The summed E-state index contributed by atoms with van der Waals surface area (Å²) < 4.78 is 36.4. The number of rotatable bonds is 6. The van der Waals surface area contributed by atoms with E-state index in [1.165, 1.54) is 24.5 Å². The van der Waals surface area contributed by atoms with Crippen LogP contribution < -0.4 is 13.3 Å². The van der Waals surface area contributed by atoms with Crippen molar-refractivity contribution >= 4 is 23.5 Å². The second-order valence-corrected chi connectivity index (χ2v) is 9.09. The van der Waals surface area contributed by atoms with Crippen molar-refractivity contribution in [1.82, 2.24) is 9.97 Å². The highest BCUT2D eigenvalue weighted by Crippen LogP contribution is 2.53.